The lowest BCUT2D eigenvalue weighted by Crippen LogP contribution is -2.32. The van der Waals surface area contributed by atoms with E-state index in [1.165, 1.54) is 19.3 Å². The van der Waals surface area contributed by atoms with Crippen LogP contribution in [-0.2, 0) is 0 Å². The van der Waals surface area contributed by atoms with E-state index in [1.54, 1.807) is 0 Å². The Bertz CT molecular complexity index is 640. The van der Waals surface area contributed by atoms with Crippen molar-refractivity contribution < 1.29 is 0 Å². The molecule has 2 heterocycles. The molecule has 1 aliphatic carbocycles. The molecule has 2 fully saturated rings. The maximum absolute atomic E-state index is 4.83. The van der Waals surface area contributed by atoms with Gasteiger partial charge in [-0.2, -0.15) is 0 Å². The fraction of sp³-hybridized carbons (Fsp3) is 0.412. The number of benzene rings is 1. The van der Waals surface area contributed by atoms with Crippen LogP contribution in [0.3, 0.4) is 0 Å². The fourth-order valence-electron chi connectivity index (χ4n) is 3.63. The predicted molar refractivity (Wildman–Crippen MR) is 85.5 cm³/mol. The average Bonchev–Trinajstić information content (AvgIpc) is 3.18. The summed E-state index contributed by atoms with van der Waals surface area (Å²) in [5.41, 5.74) is 1.07. The zero-order chi connectivity index (χ0) is 14.2. The molecule has 4 nitrogen and oxygen atoms in total. The van der Waals surface area contributed by atoms with Crippen molar-refractivity contribution in [2.24, 2.45) is 5.92 Å². The van der Waals surface area contributed by atoms with Crippen LogP contribution in [-0.4, -0.2) is 29.6 Å². The molecule has 2 aromatic rings. The summed E-state index contributed by atoms with van der Waals surface area (Å²) >= 11 is 0. The minimum Gasteiger partial charge on any atom is -0.373 e. The van der Waals surface area contributed by atoms with E-state index in [1.807, 2.05) is 25.2 Å². The summed E-state index contributed by atoms with van der Waals surface area (Å²) in [6.07, 6.45) is 4.03. The highest BCUT2D eigenvalue weighted by Crippen LogP contribution is 2.40. The lowest BCUT2D eigenvalue weighted by molar-refractivity contribution is 0.550. The summed E-state index contributed by atoms with van der Waals surface area (Å²) in [5, 5.41) is 3.17. The highest BCUT2D eigenvalue weighted by molar-refractivity contribution is 5.62. The minimum atomic E-state index is 0.679. The van der Waals surface area contributed by atoms with Gasteiger partial charge in [0.1, 0.15) is 11.6 Å². The number of hydrogen-bond donors (Lipinski definition) is 1. The Morgan fingerprint density at radius 2 is 2.00 bits per heavy atom. The van der Waals surface area contributed by atoms with E-state index in [-0.39, 0.29) is 0 Å². The van der Waals surface area contributed by atoms with E-state index >= 15 is 0 Å². The van der Waals surface area contributed by atoms with Gasteiger partial charge < -0.3 is 10.2 Å². The quantitative estimate of drug-likeness (QED) is 0.937. The predicted octanol–water partition coefficient (Wildman–Crippen LogP) is 3.17. The summed E-state index contributed by atoms with van der Waals surface area (Å²) in [4.78, 5) is 11.9. The Morgan fingerprint density at radius 3 is 2.67 bits per heavy atom. The SMILES string of the molecule is CNc1cc(N2CC3CCC2C3)nc(-c2ccccc2)n1. The number of anilines is 2. The molecular weight excluding hydrogens is 260 g/mol. The zero-order valence-corrected chi connectivity index (χ0v) is 12.3. The molecule has 2 bridgehead atoms. The first kappa shape index (κ1) is 12.6. The fourth-order valence-corrected chi connectivity index (χ4v) is 3.63. The second-order valence-corrected chi connectivity index (χ2v) is 6.04. The molecule has 0 spiro atoms. The van der Waals surface area contributed by atoms with Gasteiger partial charge in [-0.15, -0.1) is 0 Å². The molecule has 1 N–H and O–H groups in total. The van der Waals surface area contributed by atoms with Crippen molar-refractivity contribution in [3.8, 4) is 11.4 Å². The van der Waals surface area contributed by atoms with Gasteiger partial charge in [-0.25, -0.2) is 9.97 Å². The van der Waals surface area contributed by atoms with Crippen molar-refractivity contribution in [3.63, 3.8) is 0 Å². The van der Waals surface area contributed by atoms with Crippen molar-refractivity contribution in [2.75, 3.05) is 23.8 Å². The van der Waals surface area contributed by atoms with E-state index in [2.05, 4.69) is 33.4 Å². The first-order valence-electron chi connectivity index (χ1n) is 7.72. The van der Waals surface area contributed by atoms with Crippen molar-refractivity contribution >= 4 is 11.6 Å². The summed E-state index contributed by atoms with van der Waals surface area (Å²) in [5.74, 6) is 3.63. The summed E-state index contributed by atoms with van der Waals surface area (Å²) in [7, 11) is 1.91. The largest absolute Gasteiger partial charge is 0.373 e. The van der Waals surface area contributed by atoms with Gasteiger partial charge in [0.25, 0.3) is 0 Å². The van der Waals surface area contributed by atoms with E-state index in [4.69, 9.17) is 4.98 Å². The van der Waals surface area contributed by atoms with Crippen molar-refractivity contribution in [3.05, 3.63) is 36.4 Å². The number of aromatic nitrogens is 2. The number of rotatable bonds is 3. The van der Waals surface area contributed by atoms with Crippen LogP contribution >= 0.6 is 0 Å². The van der Waals surface area contributed by atoms with Gasteiger partial charge in [0.15, 0.2) is 5.82 Å². The van der Waals surface area contributed by atoms with Crippen LogP contribution in [0.5, 0.6) is 0 Å². The van der Waals surface area contributed by atoms with Gasteiger partial charge in [0, 0.05) is 31.3 Å². The van der Waals surface area contributed by atoms with E-state index < -0.39 is 0 Å². The Balaban J connectivity index is 1.74. The van der Waals surface area contributed by atoms with E-state index in [0.717, 1.165) is 35.5 Å². The molecule has 4 heteroatoms. The molecule has 0 radical (unpaired) electrons. The third-order valence-corrected chi connectivity index (χ3v) is 4.70. The van der Waals surface area contributed by atoms with Crippen LogP contribution in [0.4, 0.5) is 11.6 Å². The summed E-state index contributed by atoms with van der Waals surface area (Å²) in [6, 6.07) is 13.0. The lowest BCUT2D eigenvalue weighted by Gasteiger charge is -2.28. The first-order chi connectivity index (χ1) is 10.3. The summed E-state index contributed by atoms with van der Waals surface area (Å²) < 4.78 is 0. The molecule has 1 aromatic carbocycles. The van der Waals surface area contributed by atoms with Crippen LogP contribution in [0.25, 0.3) is 11.4 Å². The molecule has 2 unspecified atom stereocenters. The average molecular weight is 280 g/mol. The molecule has 0 amide bonds. The third kappa shape index (κ3) is 2.24. The standard InChI is InChI=1S/C17H20N4/c1-18-15-10-16(21-11-12-7-8-14(21)9-12)20-17(19-15)13-5-3-2-4-6-13/h2-6,10,12,14H,7-9,11H2,1H3,(H,18,19,20). The van der Waals surface area contributed by atoms with Crippen LogP contribution in [0.1, 0.15) is 19.3 Å². The Kier molecular flexibility index (Phi) is 3.02. The topological polar surface area (TPSA) is 41.0 Å². The highest BCUT2D eigenvalue weighted by Gasteiger charge is 2.38. The molecule has 1 aliphatic heterocycles. The zero-order valence-electron chi connectivity index (χ0n) is 12.3. The second-order valence-electron chi connectivity index (χ2n) is 6.04. The maximum atomic E-state index is 4.83. The molecule has 1 saturated carbocycles. The van der Waals surface area contributed by atoms with Crippen molar-refractivity contribution in [2.45, 2.75) is 25.3 Å². The van der Waals surface area contributed by atoms with Gasteiger partial charge in [-0.3, -0.25) is 0 Å². The molecule has 1 saturated heterocycles. The van der Waals surface area contributed by atoms with Crippen LogP contribution in [0.15, 0.2) is 36.4 Å². The third-order valence-electron chi connectivity index (χ3n) is 4.70. The van der Waals surface area contributed by atoms with Crippen molar-refractivity contribution in [1.29, 1.82) is 0 Å². The lowest BCUT2D eigenvalue weighted by atomic mass is 10.1. The Hall–Kier alpha value is -2.10. The minimum absolute atomic E-state index is 0.679. The van der Waals surface area contributed by atoms with Crippen LogP contribution < -0.4 is 10.2 Å². The van der Waals surface area contributed by atoms with Gasteiger partial charge in [0.05, 0.1) is 0 Å². The monoisotopic (exact) mass is 280 g/mol. The number of nitrogens with zero attached hydrogens (tertiary/aromatic N) is 3. The molecule has 4 rings (SSSR count). The van der Waals surface area contributed by atoms with Crippen LogP contribution in [0.2, 0.25) is 0 Å². The van der Waals surface area contributed by atoms with E-state index in [0.29, 0.717) is 6.04 Å². The number of nitrogens with one attached hydrogen (secondary N) is 1. The van der Waals surface area contributed by atoms with Crippen molar-refractivity contribution in [1.82, 2.24) is 9.97 Å². The molecule has 1 aromatic heterocycles. The molecular formula is C17H20N4. The molecule has 2 atom stereocenters. The van der Waals surface area contributed by atoms with Crippen LogP contribution in [0, 0.1) is 5.92 Å². The maximum Gasteiger partial charge on any atom is 0.163 e. The number of fused-ring (bicyclic) bond motifs is 2. The molecule has 21 heavy (non-hydrogen) atoms. The number of hydrogen-bond acceptors (Lipinski definition) is 4. The Labute approximate surface area is 125 Å². The molecule has 108 valence electrons. The summed E-state index contributed by atoms with van der Waals surface area (Å²) in [6.45, 7) is 1.15. The second kappa shape index (κ2) is 5.02. The van der Waals surface area contributed by atoms with Gasteiger partial charge in [-0.05, 0) is 25.2 Å². The smallest absolute Gasteiger partial charge is 0.163 e. The molecule has 2 aliphatic rings. The van der Waals surface area contributed by atoms with E-state index in [9.17, 15) is 0 Å². The van der Waals surface area contributed by atoms with Gasteiger partial charge >= 0.3 is 0 Å². The highest BCUT2D eigenvalue weighted by atomic mass is 15.3. The normalized spacial score (nSPS) is 23.6. The van der Waals surface area contributed by atoms with Gasteiger partial charge in [-0.1, -0.05) is 30.3 Å². The Morgan fingerprint density at radius 1 is 1.14 bits per heavy atom. The van der Waals surface area contributed by atoms with Gasteiger partial charge in [0.2, 0.25) is 0 Å². The number of piperidine rings is 1. The first-order valence-corrected chi connectivity index (χ1v) is 7.72.